The molecule has 1 atom stereocenters. The van der Waals surface area contributed by atoms with Crippen LogP contribution in [0.5, 0.6) is 5.75 Å². The van der Waals surface area contributed by atoms with Crippen molar-refractivity contribution in [1.29, 1.82) is 0 Å². The molecule has 0 aliphatic carbocycles. The molecule has 18 heavy (non-hydrogen) atoms. The Bertz CT molecular complexity index is 511. The number of ether oxygens (including phenoxy) is 1. The van der Waals surface area contributed by atoms with Crippen LogP contribution < -0.4 is 4.74 Å². The van der Waals surface area contributed by atoms with E-state index in [4.69, 9.17) is 0 Å². The molecule has 4 nitrogen and oxygen atoms in total. The van der Waals surface area contributed by atoms with E-state index >= 15 is 0 Å². The van der Waals surface area contributed by atoms with Gasteiger partial charge in [0.2, 0.25) is 0 Å². The van der Waals surface area contributed by atoms with Crippen LogP contribution in [0.25, 0.3) is 0 Å². The fraction of sp³-hybridized carbons (Fsp3) is 0.250. The number of hydrogen-bond acceptors (Lipinski definition) is 3. The second kappa shape index (κ2) is 5.14. The van der Waals surface area contributed by atoms with Gasteiger partial charge in [0.05, 0.1) is 5.69 Å². The lowest BCUT2D eigenvalue weighted by Crippen LogP contribution is -2.04. The van der Waals surface area contributed by atoms with Gasteiger partial charge in [-0.1, -0.05) is 12.1 Å². The van der Waals surface area contributed by atoms with E-state index in [1.54, 1.807) is 24.0 Å². The molecule has 2 aromatic rings. The summed E-state index contributed by atoms with van der Waals surface area (Å²) in [5.74, 6) is 0.0574. The summed E-state index contributed by atoms with van der Waals surface area (Å²) in [7, 11) is 1.75. The Morgan fingerprint density at radius 3 is 2.39 bits per heavy atom. The predicted octanol–water partition coefficient (Wildman–Crippen LogP) is 2.10. The highest BCUT2D eigenvalue weighted by molar-refractivity contribution is 5.31. The number of aryl methyl sites for hydroxylation is 1. The van der Waals surface area contributed by atoms with Gasteiger partial charge in [-0.3, -0.25) is 4.68 Å². The third kappa shape index (κ3) is 2.84. The number of aliphatic hydroxyl groups is 1. The smallest absolute Gasteiger partial charge is 0.387 e. The zero-order valence-electron chi connectivity index (χ0n) is 9.62. The fourth-order valence-corrected chi connectivity index (χ4v) is 1.58. The number of rotatable bonds is 4. The summed E-state index contributed by atoms with van der Waals surface area (Å²) in [5, 5.41) is 14.1. The van der Waals surface area contributed by atoms with E-state index in [2.05, 4.69) is 9.84 Å². The van der Waals surface area contributed by atoms with E-state index in [0.29, 0.717) is 11.3 Å². The van der Waals surface area contributed by atoms with Crippen molar-refractivity contribution in [2.24, 2.45) is 7.05 Å². The van der Waals surface area contributed by atoms with E-state index in [9.17, 15) is 13.9 Å². The number of benzene rings is 1. The van der Waals surface area contributed by atoms with Gasteiger partial charge in [0.25, 0.3) is 0 Å². The largest absolute Gasteiger partial charge is 0.435 e. The van der Waals surface area contributed by atoms with Crippen molar-refractivity contribution < 1.29 is 18.6 Å². The van der Waals surface area contributed by atoms with Gasteiger partial charge in [-0.25, -0.2) is 0 Å². The van der Waals surface area contributed by atoms with Gasteiger partial charge in [-0.2, -0.15) is 13.9 Å². The molecule has 0 bridgehead atoms. The maximum atomic E-state index is 12.0. The van der Waals surface area contributed by atoms with Crippen LogP contribution in [-0.4, -0.2) is 21.5 Å². The normalized spacial score (nSPS) is 12.7. The van der Waals surface area contributed by atoms with Crippen LogP contribution in [0.2, 0.25) is 0 Å². The first kappa shape index (κ1) is 12.5. The zero-order chi connectivity index (χ0) is 13.1. The third-order valence-electron chi connectivity index (χ3n) is 2.44. The van der Waals surface area contributed by atoms with E-state index in [1.165, 1.54) is 24.3 Å². The molecule has 0 saturated heterocycles. The SMILES string of the molecule is Cn1ccc(C(O)c2ccc(OC(F)F)cc2)n1. The number of nitrogens with zero attached hydrogens (tertiary/aromatic N) is 2. The van der Waals surface area contributed by atoms with Crippen molar-refractivity contribution in [2.45, 2.75) is 12.7 Å². The Hall–Kier alpha value is -1.95. The van der Waals surface area contributed by atoms with Crippen molar-refractivity contribution in [3.63, 3.8) is 0 Å². The summed E-state index contributed by atoms with van der Waals surface area (Å²) in [4.78, 5) is 0. The standard InChI is InChI=1S/C12H12F2N2O2/c1-16-7-6-10(15-16)11(17)8-2-4-9(5-3-8)18-12(13)14/h2-7,11-12,17H,1H3. The molecule has 0 fully saturated rings. The number of halogens is 2. The van der Waals surface area contributed by atoms with Crippen molar-refractivity contribution in [1.82, 2.24) is 9.78 Å². The Morgan fingerprint density at radius 2 is 1.89 bits per heavy atom. The van der Waals surface area contributed by atoms with Gasteiger partial charge in [0, 0.05) is 13.2 Å². The molecule has 0 aliphatic rings. The molecule has 6 heteroatoms. The lowest BCUT2D eigenvalue weighted by Gasteiger charge is -2.09. The first-order valence-electron chi connectivity index (χ1n) is 5.28. The maximum absolute atomic E-state index is 12.0. The molecule has 1 aromatic carbocycles. The molecule has 0 spiro atoms. The minimum absolute atomic E-state index is 0.0574. The van der Waals surface area contributed by atoms with Crippen LogP contribution in [-0.2, 0) is 7.05 Å². The molecule has 0 saturated carbocycles. The second-order valence-corrected chi connectivity index (χ2v) is 3.76. The van der Waals surface area contributed by atoms with E-state index < -0.39 is 12.7 Å². The molecule has 0 radical (unpaired) electrons. The predicted molar refractivity (Wildman–Crippen MR) is 60.3 cm³/mol. The van der Waals surface area contributed by atoms with Crippen LogP contribution >= 0.6 is 0 Å². The molecule has 1 unspecified atom stereocenters. The molecule has 1 aromatic heterocycles. The zero-order valence-corrected chi connectivity index (χ0v) is 9.62. The first-order valence-corrected chi connectivity index (χ1v) is 5.28. The quantitative estimate of drug-likeness (QED) is 0.909. The van der Waals surface area contributed by atoms with Crippen molar-refractivity contribution in [2.75, 3.05) is 0 Å². The van der Waals surface area contributed by atoms with E-state index in [1.807, 2.05) is 0 Å². The molecular weight excluding hydrogens is 242 g/mol. The van der Waals surface area contributed by atoms with Crippen molar-refractivity contribution >= 4 is 0 Å². The average molecular weight is 254 g/mol. The highest BCUT2D eigenvalue weighted by Crippen LogP contribution is 2.23. The molecular formula is C12H12F2N2O2. The number of alkyl halides is 2. The van der Waals surface area contributed by atoms with Crippen molar-refractivity contribution in [3.05, 3.63) is 47.8 Å². The lowest BCUT2D eigenvalue weighted by molar-refractivity contribution is -0.0498. The Kier molecular flexibility index (Phi) is 3.57. The second-order valence-electron chi connectivity index (χ2n) is 3.76. The molecule has 0 amide bonds. The number of aliphatic hydroxyl groups excluding tert-OH is 1. The van der Waals surface area contributed by atoms with Crippen LogP contribution in [0.15, 0.2) is 36.5 Å². The summed E-state index contributed by atoms with van der Waals surface area (Å²) in [5.41, 5.74) is 1.07. The lowest BCUT2D eigenvalue weighted by atomic mass is 10.1. The Labute approximate surface area is 102 Å². The van der Waals surface area contributed by atoms with E-state index in [0.717, 1.165) is 0 Å². The minimum Gasteiger partial charge on any atom is -0.435 e. The molecule has 0 aliphatic heterocycles. The summed E-state index contributed by atoms with van der Waals surface area (Å²) in [6.45, 7) is -2.85. The van der Waals surface area contributed by atoms with Gasteiger partial charge in [-0.15, -0.1) is 0 Å². The maximum Gasteiger partial charge on any atom is 0.387 e. The van der Waals surface area contributed by atoms with Crippen LogP contribution in [0.4, 0.5) is 8.78 Å². The highest BCUT2D eigenvalue weighted by atomic mass is 19.3. The molecule has 2 rings (SSSR count). The first-order chi connectivity index (χ1) is 8.56. The van der Waals surface area contributed by atoms with Crippen LogP contribution in [0, 0.1) is 0 Å². The van der Waals surface area contributed by atoms with Crippen LogP contribution in [0.3, 0.4) is 0 Å². The average Bonchev–Trinajstić information content (AvgIpc) is 2.75. The molecule has 96 valence electrons. The third-order valence-corrected chi connectivity index (χ3v) is 2.44. The van der Waals surface area contributed by atoms with E-state index in [-0.39, 0.29) is 5.75 Å². The monoisotopic (exact) mass is 254 g/mol. The molecule has 1 heterocycles. The summed E-state index contributed by atoms with van der Waals surface area (Å²) in [6, 6.07) is 7.50. The van der Waals surface area contributed by atoms with Crippen molar-refractivity contribution in [3.8, 4) is 5.75 Å². The number of hydrogen-bond donors (Lipinski definition) is 1. The van der Waals surface area contributed by atoms with Gasteiger partial charge in [0.1, 0.15) is 11.9 Å². The summed E-state index contributed by atoms with van der Waals surface area (Å²) < 4.78 is 29.7. The topological polar surface area (TPSA) is 47.3 Å². The Balaban J connectivity index is 2.14. The fourth-order valence-electron chi connectivity index (χ4n) is 1.58. The molecule has 1 N–H and O–H groups in total. The summed E-state index contributed by atoms with van der Waals surface area (Å²) in [6.07, 6.45) is 0.833. The minimum atomic E-state index is -2.85. The highest BCUT2D eigenvalue weighted by Gasteiger charge is 2.13. The Morgan fingerprint density at radius 1 is 1.22 bits per heavy atom. The van der Waals surface area contributed by atoms with Gasteiger partial charge < -0.3 is 9.84 Å². The number of aromatic nitrogens is 2. The van der Waals surface area contributed by atoms with Gasteiger partial charge in [0.15, 0.2) is 0 Å². The van der Waals surface area contributed by atoms with Crippen LogP contribution in [0.1, 0.15) is 17.4 Å². The van der Waals surface area contributed by atoms with Gasteiger partial charge >= 0.3 is 6.61 Å². The summed E-state index contributed by atoms with van der Waals surface area (Å²) >= 11 is 0. The van der Waals surface area contributed by atoms with Gasteiger partial charge in [-0.05, 0) is 23.8 Å².